The first-order valence-electron chi connectivity index (χ1n) is 11.2. The Kier molecular flexibility index (Phi) is 4.25. The van der Waals surface area contributed by atoms with Crippen molar-refractivity contribution in [1.82, 2.24) is 9.80 Å². The van der Waals surface area contributed by atoms with Crippen molar-refractivity contribution < 1.29 is 19.5 Å². The second-order valence-corrected chi connectivity index (χ2v) is 10.4. The number of hydrogen-bond acceptors (Lipinski definition) is 3. The highest BCUT2D eigenvalue weighted by atomic mass is 16.4. The summed E-state index contributed by atoms with van der Waals surface area (Å²) in [6, 6.07) is -0.669. The molecule has 6 aliphatic rings. The van der Waals surface area contributed by atoms with Gasteiger partial charge in [0.25, 0.3) is 0 Å². The lowest BCUT2D eigenvalue weighted by atomic mass is 9.49. The van der Waals surface area contributed by atoms with Gasteiger partial charge in [0, 0.05) is 19.1 Å². The topological polar surface area (TPSA) is 77.9 Å². The third-order valence-electron chi connectivity index (χ3n) is 8.65. The summed E-state index contributed by atoms with van der Waals surface area (Å²) in [4.78, 5) is 42.1. The molecule has 0 aromatic carbocycles. The Labute approximate surface area is 166 Å². The molecule has 4 bridgehead atoms. The van der Waals surface area contributed by atoms with Crippen LogP contribution in [0.4, 0.5) is 0 Å². The smallest absolute Gasteiger partial charge is 0.308 e. The monoisotopic (exact) mass is 388 g/mol. The highest BCUT2D eigenvalue weighted by Gasteiger charge is 2.57. The maximum absolute atomic E-state index is 13.7. The Balaban J connectivity index is 1.34. The first-order chi connectivity index (χ1) is 13.4. The lowest BCUT2D eigenvalue weighted by Gasteiger charge is -2.56. The first kappa shape index (κ1) is 18.4. The van der Waals surface area contributed by atoms with Crippen LogP contribution < -0.4 is 0 Å². The van der Waals surface area contributed by atoms with Gasteiger partial charge in [-0.2, -0.15) is 0 Å². The molecule has 154 valence electrons. The van der Waals surface area contributed by atoms with Crippen LogP contribution in [0.3, 0.4) is 0 Å². The van der Waals surface area contributed by atoms with Gasteiger partial charge in [-0.15, -0.1) is 0 Å². The third kappa shape index (κ3) is 2.70. The van der Waals surface area contributed by atoms with Gasteiger partial charge in [-0.1, -0.05) is 0 Å². The van der Waals surface area contributed by atoms with Gasteiger partial charge in [-0.25, -0.2) is 0 Å². The zero-order chi connectivity index (χ0) is 19.6. The van der Waals surface area contributed by atoms with Crippen molar-refractivity contribution in [1.29, 1.82) is 0 Å². The molecular formula is C22H32N2O4. The summed E-state index contributed by atoms with van der Waals surface area (Å²) in [5.74, 6) is 1.04. The maximum atomic E-state index is 13.7. The Morgan fingerprint density at radius 1 is 0.893 bits per heavy atom. The van der Waals surface area contributed by atoms with Crippen LogP contribution in [0.15, 0.2) is 0 Å². The van der Waals surface area contributed by atoms with E-state index >= 15 is 0 Å². The maximum Gasteiger partial charge on any atom is 0.308 e. The average Bonchev–Trinajstić information content (AvgIpc) is 3.26. The van der Waals surface area contributed by atoms with Crippen LogP contribution in [0, 0.1) is 29.1 Å². The van der Waals surface area contributed by atoms with Gasteiger partial charge in [-0.05, 0) is 82.5 Å². The van der Waals surface area contributed by atoms with E-state index in [0.29, 0.717) is 37.3 Å². The number of amides is 2. The van der Waals surface area contributed by atoms with E-state index in [-0.39, 0.29) is 29.3 Å². The molecule has 0 radical (unpaired) electrons. The van der Waals surface area contributed by atoms with Crippen molar-refractivity contribution in [3.63, 3.8) is 0 Å². The lowest BCUT2D eigenvalue weighted by molar-refractivity contribution is -0.162. The predicted molar refractivity (Wildman–Crippen MR) is 102 cm³/mol. The molecule has 3 atom stereocenters. The number of carbonyl (C=O) groups is 3. The minimum Gasteiger partial charge on any atom is -0.481 e. The molecule has 6 rings (SSSR count). The summed E-state index contributed by atoms with van der Waals surface area (Å²) in [5.41, 5.74) is -0.210. The van der Waals surface area contributed by atoms with Gasteiger partial charge in [0.15, 0.2) is 0 Å². The van der Waals surface area contributed by atoms with Crippen LogP contribution in [-0.2, 0) is 14.4 Å². The second-order valence-electron chi connectivity index (χ2n) is 10.4. The van der Waals surface area contributed by atoms with E-state index in [9.17, 15) is 19.5 Å². The Bertz CT molecular complexity index is 669. The van der Waals surface area contributed by atoms with Gasteiger partial charge in [0.1, 0.15) is 6.04 Å². The van der Waals surface area contributed by atoms with Gasteiger partial charge >= 0.3 is 5.97 Å². The highest BCUT2D eigenvalue weighted by Crippen LogP contribution is 2.60. The molecule has 4 saturated carbocycles. The fraction of sp³-hybridized carbons (Fsp3) is 0.864. The van der Waals surface area contributed by atoms with Crippen LogP contribution in [-0.4, -0.2) is 57.9 Å². The largest absolute Gasteiger partial charge is 0.481 e. The molecule has 1 N–H and O–H groups in total. The normalized spacial score (nSPS) is 44.3. The standard InChI is InChI=1S/C22H32N2O4/c1-13-17(20(26)27)4-6-23(13)19(25)18-3-2-5-24(18)21(28)22-10-14-7-15(11-22)9-16(8-14)12-22/h13-18H,2-12H2,1H3,(H,26,27). The van der Waals surface area contributed by atoms with Crippen LogP contribution in [0.2, 0.25) is 0 Å². The molecule has 0 spiro atoms. The van der Waals surface area contributed by atoms with E-state index in [1.807, 2.05) is 11.8 Å². The molecule has 4 aliphatic carbocycles. The summed E-state index contributed by atoms with van der Waals surface area (Å²) in [6.07, 6.45) is 9.09. The molecule has 2 saturated heterocycles. The number of carbonyl (C=O) groups excluding carboxylic acids is 2. The second kappa shape index (κ2) is 6.46. The zero-order valence-corrected chi connectivity index (χ0v) is 16.8. The van der Waals surface area contributed by atoms with E-state index in [2.05, 4.69) is 0 Å². The number of likely N-dealkylation sites (tertiary alicyclic amines) is 2. The number of nitrogens with zero attached hydrogens (tertiary/aromatic N) is 2. The fourth-order valence-corrected chi connectivity index (χ4v) is 7.72. The molecule has 0 aromatic heterocycles. The molecule has 0 aromatic rings. The SMILES string of the molecule is CC1C(C(=O)O)CCN1C(=O)C1CCCN1C(=O)C12CC3CC(CC(C3)C1)C2. The van der Waals surface area contributed by atoms with Crippen molar-refractivity contribution in [3.8, 4) is 0 Å². The van der Waals surface area contributed by atoms with E-state index in [1.54, 1.807) is 4.90 Å². The van der Waals surface area contributed by atoms with Gasteiger partial charge in [0.2, 0.25) is 11.8 Å². The average molecular weight is 389 g/mol. The zero-order valence-electron chi connectivity index (χ0n) is 16.8. The van der Waals surface area contributed by atoms with Crippen molar-refractivity contribution in [3.05, 3.63) is 0 Å². The molecule has 2 aliphatic heterocycles. The number of carboxylic acids is 1. The van der Waals surface area contributed by atoms with Crippen LogP contribution in [0.25, 0.3) is 0 Å². The number of aliphatic carboxylic acids is 1. The summed E-state index contributed by atoms with van der Waals surface area (Å²) in [6.45, 7) is 3.01. The van der Waals surface area contributed by atoms with Crippen LogP contribution in [0.1, 0.15) is 64.7 Å². The highest BCUT2D eigenvalue weighted by molar-refractivity contribution is 5.91. The molecule has 6 fully saturated rings. The fourth-order valence-electron chi connectivity index (χ4n) is 7.72. The van der Waals surface area contributed by atoms with Gasteiger partial charge in [-0.3, -0.25) is 14.4 Å². The van der Waals surface area contributed by atoms with E-state index in [1.165, 1.54) is 19.3 Å². The lowest BCUT2D eigenvalue weighted by Crippen LogP contribution is -2.57. The van der Waals surface area contributed by atoms with Crippen molar-refractivity contribution >= 4 is 17.8 Å². The van der Waals surface area contributed by atoms with Gasteiger partial charge in [0.05, 0.1) is 11.3 Å². The molecule has 6 heteroatoms. The Hall–Kier alpha value is -1.59. The quantitative estimate of drug-likeness (QED) is 0.806. The predicted octanol–water partition coefficient (Wildman–Crippen LogP) is 2.52. The molecule has 6 nitrogen and oxygen atoms in total. The molecule has 28 heavy (non-hydrogen) atoms. The molecular weight excluding hydrogens is 356 g/mol. The van der Waals surface area contributed by atoms with Crippen molar-refractivity contribution in [2.75, 3.05) is 13.1 Å². The number of rotatable bonds is 3. The van der Waals surface area contributed by atoms with Crippen LogP contribution in [0.5, 0.6) is 0 Å². The minimum absolute atomic E-state index is 0.0215. The van der Waals surface area contributed by atoms with Crippen LogP contribution >= 0.6 is 0 Å². The summed E-state index contributed by atoms with van der Waals surface area (Å²) >= 11 is 0. The third-order valence-corrected chi connectivity index (χ3v) is 8.65. The minimum atomic E-state index is -0.823. The number of carboxylic acid groups (broad SMARTS) is 1. The first-order valence-corrected chi connectivity index (χ1v) is 11.2. The molecule has 2 heterocycles. The van der Waals surface area contributed by atoms with Crippen molar-refractivity contribution in [2.24, 2.45) is 29.1 Å². The summed E-state index contributed by atoms with van der Waals surface area (Å²) in [7, 11) is 0. The molecule has 2 amide bonds. The van der Waals surface area contributed by atoms with Gasteiger partial charge < -0.3 is 14.9 Å². The van der Waals surface area contributed by atoms with E-state index < -0.39 is 11.9 Å². The number of hydrogen-bond donors (Lipinski definition) is 1. The van der Waals surface area contributed by atoms with Crippen molar-refractivity contribution in [2.45, 2.75) is 76.8 Å². The summed E-state index contributed by atoms with van der Waals surface area (Å²) < 4.78 is 0. The molecule has 3 unspecified atom stereocenters. The Morgan fingerprint density at radius 3 is 2.04 bits per heavy atom. The Morgan fingerprint density at radius 2 is 1.50 bits per heavy atom. The van der Waals surface area contributed by atoms with E-state index in [0.717, 1.165) is 32.1 Å². The summed E-state index contributed by atoms with van der Waals surface area (Å²) in [5, 5.41) is 9.38. The van der Waals surface area contributed by atoms with E-state index in [4.69, 9.17) is 0 Å².